The first-order chi connectivity index (χ1) is 6.61. The van der Waals surface area contributed by atoms with Gasteiger partial charge in [-0.25, -0.2) is 0 Å². The zero-order valence-electron chi connectivity index (χ0n) is 9.68. The van der Waals surface area contributed by atoms with Gasteiger partial charge in [-0.15, -0.1) is 0 Å². The minimum Gasteiger partial charge on any atom is -0.353 e. The fraction of sp³-hybridized carbons (Fsp3) is 0.909. The Morgan fingerprint density at radius 1 is 1.36 bits per heavy atom. The number of carbonyl (C=O) groups excluding carboxylic acids is 1. The molecule has 0 aliphatic carbocycles. The first-order valence-corrected chi connectivity index (χ1v) is 5.61. The number of nitrogens with one attached hydrogen (secondary N) is 1. The third-order valence-corrected chi connectivity index (χ3v) is 2.74. The van der Waals surface area contributed by atoms with Gasteiger partial charge >= 0.3 is 0 Å². The highest BCUT2D eigenvalue weighted by Gasteiger charge is 2.12. The van der Waals surface area contributed by atoms with Crippen LogP contribution in [0.4, 0.5) is 0 Å². The Labute approximate surface area is 87.4 Å². The molecule has 2 atom stereocenters. The number of nitrogens with two attached hydrogens (primary N) is 1. The van der Waals surface area contributed by atoms with Gasteiger partial charge in [-0.3, -0.25) is 4.79 Å². The molecule has 14 heavy (non-hydrogen) atoms. The van der Waals surface area contributed by atoms with Crippen molar-refractivity contribution in [1.29, 1.82) is 0 Å². The first-order valence-electron chi connectivity index (χ1n) is 5.61. The summed E-state index contributed by atoms with van der Waals surface area (Å²) in [5.74, 6) is 0.708. The van der Waals surface area contributed by atoms with E-state index in [-0.39, 0.29) is 11.9 Å². The summed E-state index contributed by atoms with van der Waals surface area (Å²) in [6, 6.07) is 0.283. The Hall–Kier alpha value is -0.570. The molecule has 0 aliphatic heterocycles. The molecule has 0 heterocycles. The highest BCUT2D eigenvalue weighted by Crippen LogP contribution is 2.07. The van der Waals surface area contributed by atoms with Crippen LogP contribution in [-0.2, 0) is 4.79 Å². The van der Waals surface area contributed by atoms with E-state index in [9.17, 15) is 4.79 Å². The third-order valence-electron chi connectivity index (χ3n) is 2.74. The van der Waals surface area contributed by atoms with Gasteiger partial charge in [0.2, 0.25) is 5.91 Å². The Kier molecular flexibility index (Phi) is 7.48. The molecule has 0 aromatic carbocycles. The maximum atomic E-state index is 11.4. The second kappa shape index (κ2) is 7.80. The van der Waals surface area contributed by atoms with Crippen LogP contribution in [0.5, 0.6) is 0 Å². The van der Waals surface area contributed by atoms with E-state index in [0.717, 1.165) is 19.3 Å². The van der Waals surface area contributed by atoms with Crippen LogP contribution < -0.4 is 11.1 Å². The minimum atomic E-state index is 0.159. The molecular weight excluding hydrogens is 176 g/mol. The van der Waals surface area contributed by atoms with Crippen molar-refractivity contribution in [3.05, 3.63) is 0 Å². The smallest absolute Gasteiger partial charge is 0.220 e. The Morgan fingerprint density at radius 2 is 2.00 bits per heavy atom. The topological polar surface area (TPSA) is 55.1 Å². The van der Waals surface area contributed by atoms with Crippen molar-refractivity contribution in [2.75, 3.05) is 6.54 Å². The molecule has 3 N–H and O–H groups in total. The van der Waals surface area contributed by atoms with Gasteiger partial charge in [0, 0.05) is 12.5 Å². The summed E-state index contributed by atoms with van der Waals surface area (Å²) in [7, 11) is 0. The molecule has 2 unspecified atom stereocenters. The van der Waals surface area contributed by atoms with Gasteiger partial charge in [0.25, 0.3) is 0 Å². The minimum absolute atomic E-state index is 0.159. The second-order valence-electron chi connectivity index (χ2n) is 3.99. The monoisotopic (exact) mass is 200 g/mol. The lowest BCUT2D eigenvalue weighted by Gasteiger charge is -2.19. The van der Waals surface area contributed by atoms with Gasteiger partial charge in [-0.2, -0.15) is 0 Å². The van der Waals surface area contributed by atoms with Crippen LogP contribution in [0.3, 0.4) is 0 Å². The molecule has 0 saturated heterocycles. The van der Waals surface area contributed by atoms with E-state index in [1.807, 2.05) is 0 Å². The maximum absolute atomic E-state index is 11.4. The van der Waals surface area contributed by atoms with Crippen molar-refractivity contribution in [3.8, 4) is 0 Å². The van der Waals surface area contributed by atoms with E-state index in [1.165, 1.54) is 0 Å². The van der Waals surface area contributed by atoms with Gasteiger partial charge in [-0.1, -0.05) is 20.3 Å². The average molecular weight is 200 g/mol. The molecule has 0 bridgehead atoms. The number of hydrogen-bond acceptors (Lipinski definition) is 2. The van der Waals surface area contributed by atoms with Crippen LogP contribution in [0, 0.1) is 5.92 Å². The summed E-state index contributed by atoms with van der Waals surface area (Å²) in [6.45, 7) is 7.04. The molecule has 1 amide bonds. The van der Waals surface area contributed by atoms with Crippen LogP contribution in [-0.4, -0.2) is 18.5 Å². The van der Waals surface area contributed by atoms with E-state index < -0.39 is 0 Å². The van der Waals surface area contributed by atoms with E-state index in [4.69, 9.17) is 5.73 Å². The summed E-state index contributed by atoms with van der Waals surface area (Å²) < 4.78 is 0. The lowest BCUT2D eigenvalue weighted by Crippen LogP contribution is -2.36. The number of unbranched alkanes of at least 4 members (excludes halogenated alkanes) is 1. The molecule has 84 valence electrons. The zero-order valence-corrected chi connectivity index (χ0v) is 9.68. The van der Waals surface area contributed by atoms with Crippen molar-refractivity contribution < 1.29 is 4.79 Å². The van der Waals surface area contributed by atoms with Gasteiger partial charge in [0.15, 0.2) is 0 Å². The van der Waals surface area contributed by atoms with Crippen LogP contribution in [0.25, 0.3) is 0 Å². The lowest BCUT2D eigenvalue weighted by molar-refractivity contribution is -0.122. The van der Waals surface area contributed by atoms with Gasteiger partial charge < -0.3 is 11.1 Å². The summed E-state index contributed by atoms with van der Waals surface area (Å²) in [5.41, 5.74) is 5.35. The fourth-order valence-electron chi connectivity index (χ4n) is 1.25. The zero-order chi connectivity index (χ0) is 11.0. The summed E-state index contributed by atoms with van der Waals surface area (Å²) in [5, 5.41) is 3.01. The maximum Gasteiger partial charge on any atom is 0.220 e. The van der Waals surface area contributed by atoms with Crippen LogP contribution in [0.1, 0.15) is 46.5 Å². The Bertz CT molecular complexity index is 159. The normalized spacial score (nSPS) is 14.9. The van der Waals surface area contributed by atoms with Gasteiger partial charge in [0.1, 0.15) is 0 Å². The quantitative estimate of drug-likeness (QED) is 0.614. The largest absolute Gasteiger partial charge is 0.353 e. The van der Waals surface area contributed by atoms with Crippen LogP contribution >= 0.6 is 0 Å². The van der Waals surface area contributed by atoms with E-state index in [1.54, 1.807) is 0 Å². The Morgan fingerprint density at radius 3 is 2.50 bits per heavy atom. The summed E-state index contributed by atoms with van der Waals surface area (Å²) >= 11 is 0. The molecule has 0 rings (SSSR count). The standard InChI is InChI=1S/C11H24N2O/c1-4-9(2)10(3)13-11(14)7-5-6-8-12/h9-10H,4-8,12H2,1-3H3,(H,13,14). The first kappa shape index (κ1) is 13.4. The number of rotatable bonds is 7. The number of hydrogen-bond donors (Lipinski definition) is 2. The van der Waals surface area contributed by atoms with E-state index in [0.29, 0.717) is 18.9 Å². The van der Waals surface area contributed by atoms with Crippen molar-refractivity contribution >= 4 is 5.91 Å². The van der Waals surface area contributed by atoms with Crippen molar-refractivity contribution in [2.45, 2.75) is 52.5 Å². The average Bonchev–Trinajstić information content (AvgIpc) is 2.16. The molecule has 3 nitrogen and oxygen atoms in total. The van der Waals surface area contributed by atoms with Crippen LogP contribution in [0.15, 0.2) is 0 Å². The predicted molar refractivity (Wildman–Crippen MR) is 60.0 cm³/mol. The highest BCUT2D eigenvalue weighted by molar-refractivity contribution is 5.76. The molecule has 0 aliphatic rings. The van der Waals surface area contributed by atoms with Crippen molar-refractivity contribution in [1.82, 2.24) is 5.32 Å². The van der Waals surface area contributed by atoms with Crippen molar-refractivity contribution in [3.63, 3.8) is 0 Å². The number of carbonyl (C=O) groups is 1. The molecule has 0 fully saturated rings. The molecule has 3 heteroatoms. The summed E-state index contributed by atoms with van der Waals surface area (Å²) in [6.07, 6.45) is 3.54. The number of amides is 1. The molecule has 0 saturated carbocycles. The molecule has 0 aromatic heterocycles. The second-order valence-corrected chi connectivity index (χ2v) is 3.99. The van der Waals surface area contributed by atoms with Crippen LogP contribution in [0.2, 0.25) is 0 Å². The molecule has 0 radical (unpaired) electrons. The SMILES string of the molecule is CCC(C)C(C)NC(=O)CCCCN. The van der Waals surface area contributed by atoms with Gasteiger partial charge in [0.05, 0.1) is 0 Å². The summed E-state index contributed by atoms with van der Waals surface area (Å²) in [4.78, 5) is 11.4. The third kappa shape index (κ3) is 5.97. The highest BCUT2D eigenvalue weighted by atomic mass is 16.1. The predicted octanol–water partition coefficient (Wildman–Crippen LogP) is 1.67. The van der Waals surface area contributed by atoms with E-state index in [2.05, 4.69) is 26.1 Å². The molecule has 0 aromatic rings. The van der Waals surface area contributed by atoms with E-state index >= 15 is 0 Å². The van der Waals surface area contributed by atoms with Crippen molar-refractivity contribution in [2.24, 2.45) is 11.7 Å². The lowest BCUT2D eigenvalue weighted by atomic mass is 10.0. The Balaban J connectivity index is 3.60. The molecule has 0 spiro atoms. The fourth-order valence-corrected chi connectivity index (χ4v) is 1.25. The van der Waals surface area contributed by atoms with Gasteiger partial charge in [-0.05, 0) is 32.2 Å². The molecular formula is C11H24N2O.